The lowest BCUT2D eigenvalue weighted by Crippen LogP contribution is -2.32. The standard InChI is InChI=1S/C10H16FN3O2S2/c1-6(2)3-8(12)10(15)14-18(13,16)9-4-7(11)5-17-9/h4-6,8H,3,12H2,1-2H3,(H2,13,14,15,16)/t8-,18?/m0/s1. The summed E-state index contributed by atoms with van der Waals surface area (Å²) < 4.78 is 28.2. The maximum absolute atomic E-state index is 12.8. The molecule has 0 saturated heterocycles. The van der Waals surface area contributed by atoms with Gasteiger partial charge in [-0.3, -0.25) is 4.79 Å². The highest BCUT2D eigenvalue weighted by molar-refractivity contribution is 7.93. The number of halogens is 1. The highest BCUT2D eigenvalue weighted by atomic mass is 32.2. The molecule has 18 heavy (non-hydrogen) atoms. The maximum atomic E-state index is 12.8. The molecule has 1 amide bonds. The van der Waals surface area contributed by atoms with Gasteiger partial charge in [-0.05, 0) is 12.3 Å². The van der Waals surface area contributed by atoms with Gasteiger partial charge in [0.15, 0.2) is 9.92 Å². The van der Waals surface area contributed by atoms with Gasteiger partial charge in [-0.1, -0.05) is 13.8 Å². The third-order valence-corrected chi connectivity index (χ3v) is 4.94. The van der Waals surface area contributed by atoms with Crippen LogP contribution in [0.25, 0.3) is 0 Å². The largest absolute Gasteiger partial charge is 0.320 e. The summed E-state index contributed by atoms with van der Waals surface area (Å²) >= 11 is 0.862. The summed E-state index contributed by atoms with van der Waals surface area (Å²) in [5, 5.41) is 6.60. The number of nitrogens with zero attached hydrogens (tertiary/aromatic N) is 1. The Balaban J connectivity index is 2.94. The fourth-order valence-corrected chi connectivity index (χ4v) is 3.36. The van der Waals surface area contributed by atoms with Gasteiger partial charge in [0, 0.05) is 11.4 Å². The van der Waals surface area contributed by atoms with Crippen LogP contribution in [0.15, 0.2) is 20.0 Å². The second-order valence-electron chi connectivity index (χ2n) is 4.32. The fourth-order valence-electron chi connectivity index (χ4n) is 1.30. The van der Waals surface area contributed by atoms with E-state index in [-0.39, 0.29) is 10.1 Å². The van der Waals surface area contributed by atoms with Crippen LogP contribution in [-0.2, 0) is 14.7 Å². The van der Waals surface area contributed by atoms with E-state index < -0.39 is 27.7 Å². The molecule has 0 spiro atoms. The van der Waals surface area contributed by atoms with Crippen LogP contribution in [0.4, 0.5) is 4.39 Å². The fraction of sp³-hybridized carbons (Fsp3) is 0.500. The predicted octanol–water partition coefficient (Wildman–Crippen LogP) is 1.49. The van der Waals surface area contributed by atoms with Gasteiger partial charge in [0.05, 0.1) is 6.04 Å². The van der Waals surface area contributed by atoms with Crippen LogP contribution in [0, 0.1) is 11.7 Å². The minimum absolute atomic E-state index is 0.0325. The summed E-state index contributed by atoms with van der Waals surface area (Å²) in [4.78, 5) is 11.6. The van der Waals surface area contributed by atoms with Crippen LogP contribution in [-0.4, -0.2) is 16.2 Å². The van der Waals surface area contributed by atoms with E-state index in [0.717, 1.165) is 22.8 Å². The van der Waals surface area contributed by atoms with Crippen LogP contribution in [0.2, 0.25) is 0 Å². The molecule has 0 bridgehead atoms. The third-order valence-electron chi connectivity index (χ3n) is 2.10. The smallest absolute Gasteiger partial charge is 0.271 e. The molecule has 0 aliphatic carbocycles. The van der Waals surface area contributed by atoms with Gasteiger partial charge >= 0.3 is 0 Å². The first kappa shape index (κ1) is 15.2. The second-order valence-corrected chi connectivity index (χ2v) is 7.25. The van der Waals surface area contributed by atoms with Crippen molar-refractivity contribution < 1.29 is 13.4 Å². The Labute approximate surface area is 110 Å². The van der Waals surface area contributed by atoms with Crippen molar-refractivity contribution in [1.82, 2.24) is 0 Å². The molecule has 1 aromatic rings. The number of nitrogens with two attached hydrogens (primary N) is 2. The van der Waals surface area contributed by atoms with E-state index in [9.17, 15) is 13.4 Å². The SMILES string of the molecule is CC(C)C[C@H](N)C(=O)N=S(N)(=O)c1cc(F)cs1. The normalized spacial score (nSPS) is 16.3. The van der Waals surface area contributed by atoms with E-state index in [1.165, 1.54) is 0 Å². The highest BCUT2D eigenvalue weighted by Crippen LogP contribution is 2.19. The monoisotopic (exact) mass is 293 g/mol. The topological polar surface area (TPSA) is 98.5 Å². The zero-order valence-corrected chi connectivity index (χ0v) is 11.8. The van der Waals surface area contributed by atoms with Gasteiger partial charge in [-0.2, -0.15) is 0 Å². The molecule has 2 atom stereocenters. The Kier molecular flexibility index (Phi) is 4.97. The molecule has 1 unspecified atom stereocenters. The molecule has 1 heterocycles. The zero-order chi connectivity index (χ0) is 13.9. The van der Waals surface area contributed by atoms with Crippen molar-refractivity contribution in [2.24, 2.45) is 21.2 Å². The molecule has 1 rings (SSSR count). The van der Waals surface area contributed by atoms with E-state index in [2.05, 4.69) is 4.36 Å². The number of rotatable bonds is 4. The Morgan fingerprint density at radius 2 is 2.22 bits per heavy atom. The molecule has 0 saturated carbocycles. The lowest BCUT2D eigenvalue weighted by molar-refractivity contribution is -0.119. The quantitative estimate of drug-likeness (QED) is 0.879. The van der Waals surface area contributed by atoms with E-state index in [1.807, 2.05) is 13.8 Å². The van der Waals surface area contributed by atoms with Gasteiger partial charge in [-0.15, -0.1) is 15.7 Å². The lowest BCUT2D eigenvalue weighted by atomic mass is 10.0. The molecule has 102 valence electrons. The minimum Gasteiger partial charge on any atom is -0.320 e. The van der Waals surface area contributed by atoms with Crippen molar-refractivity contribution in [2.45, 2.75) is 30.5 Å². The number of hydrogen-bond acceptors (Lipinski definition) is 4. The van der Waals surface area contributed by atoms with Gasteiger partial charge in [0.25, 0.3) is 5.91 Å². The van der Waals surface area contributed by atoms with Crippen molar-refractivity contribution in [2.75, 3.05) is 0 Å². The lowest BCUT2D eigenvalue weighted by Gasteiger charge is -2.10. The Morgan fingerprint density at radius 1 is 1.61 bits per heavy atom. The molecule has 1 aromatic heterocycles. The van der Waals surface area contributed by atoms with E-state index in [1.54, 1.807) is 0 Å². The molecular formula is C10H16FN3O2S2. The number of thiophene rings is 1. The molecule has 0 fully saturated rings. The average Bonchev–Trinajstić information content (AvgIpc) is 2.63. The number of hydrogen-bond donors (Lipinski definition) is 2. The van der Waals surface area contributed by atoms with Gasteiger partial charge in [-0.25, -0.2) is 13.7 Å². The van der Waals surface area contributed by atoms with Crippen LogP contribution in [0.1, 0.15) is 20.3 Å². The first-order valence-corrected chi connectivity index (χ1v) is 7.76. The van der Waals surface area contributed by atoms with Crippen molar-refractivity contribution in [3.63, 3.8) is 0 Å². The molecule has 0 aliphatic heterocycles. The summed E-state index contributed by atoms with van der Waals surface area (Å²) in [7, 11) is -3.40. The van der Waals surface area contributed by atoms with E-state index in [4.69, 9.17) is 10.9 Å². The third kappa shape index (κ3) is 4.13. The van der Waals surface area contributed by atoms with Crippen LogP contribution in [0.3, 0.4) is 0 Å². The minimum atomic E-state index is -3.40. The summed E-state index contributed by atoms with van der Waals surface area (Å²) in [6.07, 6.45) is 0.427. The summed E-state index contributed by atoms with van der Waals surface area (Å²) in [5.74, 6) is -1.06. The van der Waals surface area contributed by atoms with Crippen molar-refractivity contribution in [1.29, 1.82) is 0 Å². The Morgan fingerprint density at radius 3 is 2.67 bits per heavy atom. The molecular weight excluding hydrogens is 277 g/mol. The molecule has 0 aromatic carbocycles. The van der Waals surface area contributed by atoms with Gasteiger partial charge in [0.1, 0.15) is 10.0 Å². The second kappa shape index (κ2) is 5.87. The van der Waals surface area contributed by atoms with Gasteiger partial charge in [0.2, 0.25) is 0 Å². The Bertz CT molecular complexity index is 547. The molecule has 0 aliphatic rings. The molecule has 8 heteroatoms. The maximum Gasteiger partial charge on any atom is 0.271 e. The first-order chi connectivity index (χ1) is 8.22. The van der Waals surface area contributed by atoms with Crippen LogP contribution < -0.4 is 10.9 Å². The van der Waals surface area contributed by atoms with Gasteiger partial charge < -0.3 is 5.73 Å². The van der Waals surface area contributed by atoms with Crippen LogP contribution in [0.5, 0.6) is 0 Å². The van der Waals surface area contributed by atoms with Crippen molar-refractivity contribution >= 4 is 27.2 Å². The number of carbonyl (C=O) groups excluding carboxylic acids is 1. The van der Waals surface area contributed by atoms with E-state index in [0.29, 0.717) is 6.42 Å². The van der Waals surface area contributed by atoms with Crippen molar-refractivity contribution in [3.8, 4) is 0 Å². The van der Waals surface area contributed by atoms with Crippen molar-refractivity contribution in [3.05, 3.63) is 17.3 Å². The predicted molar refractivity (Wildman–Crippen MR) is 69.7 cm³/mol. The molecule has 5 nitrogen and oxygen atoms in total. The number of amides is 1. The molecule has 4 N–H and O–H groups in total. The number of carbonyl (C=O) groups is 1. The Hall–Kier alpha value is -0.830. The summed E-state index contributed by atoms with van der Waals surface area (Å²) in [6.45, 7) is 3.81. The van der Waals surface area contributed by atoms with Crippen LogP contribution >= 0.6 is 11.3 Å². The molecule has 0 radical (unpaired) electrons. The van der Waals surface area contributed by atoms with E-state index >= 15 is 0 Å². The summed E-state index contributed by atoms with van der Waals surface area (Å²) in [5.41, 5.74) is 5.61. The average molecular weight is 293 g/mol. The highest BCUT2D eigenvalue weighted by Gasteiger charge is 2.18. The zero-order valence-electron chi connectivity index (χ0n) is 10.1. The summed E-state index contributed by atoms with van der Waals surface area (Å²) in [6, 6.07) is 0.178. The first-order valence-electron chi connectivity index (χ1n) is 5.30.